The first-order chi connectivity index (χ1) is 14.2. The van der Waals surface area contributed by atoms with Crippen LogP contribution in [-0.2, 0) is 9.59 Å². The zero-order chi connectivity index (χ0) is 23.4. The Morgan fingerprint density at radius 1 is 0.633 bits per heavy atom. The lowest BCUT2D eigenvalue weighted by Crippen LogP contribution is -2.28. The molecule has 0 rings (SSSR count). The van der Waals surface area contributed by atoms with E-state index in [0.29, 0.717) is 12.8 Å². The number of unbranched alkanes of at least 4 members (excludes halogenated alkanes) is 10. The van der Waals surface area contributed by atoms with E-state index in [1.54, 1.807) is 0 Å². The third-order valence-corrected chi connectivity index (χ3v) is 4.74. The van der Waals surface area contributed by atoms with Gasteiger partial charge < -0.3 is 10.2 Å². The van der Waals surface area contributed by atoms with Gasteiger partial charge in [-0.15, -0.1) is 0 Å². The summed E-state index contributed by atoms with van der Waals surface area (Å²) in [7, 11) is 0. The van der Waals surface area contributed by atoms with E-state index < -0.39 is 33.9 Å². The van der Waals surface area contributed by atoms with Crippen LogP contribution in [0.3, 0.4) is 0 Å². The fourth-order valence-electron chi connectivity index (χ4n) is 2.87. The van der Waals surface area contributed by atoms with Crippen molar-refractivity contribution in [3.8, 4) is 0 Å². The second-order valence-corrected chi connectivity index (χ2v) is 7.39. The van der Waals surface area contributed by atoms with E-state index in [9.17, 15) is 29.8 Å². The summed E-state index contributed by atoms with van der Waals surface area (Å²) in [6.45, 7) is 4.24. The SMILES string of the molecule is CCCCCCCCC(C(=O)O)[N+](=O)[O-].CCCCCCCCC(C(=O)O)[N+](=O)[O-]. The number of nitro groups is 2. The summed E-state index contributed by atoms with van der Waals surface area (Å²) in [5.74, 6) is -2.65. The van der Waals surface area contributed by atoms with Crippen LogP contribution in [0.4, 0.5) is 0 Å². The average Bonchev–Trinajstić information content (AvgIpc) is 2.66. The van der Waals surface area contributed by atoms with Gasteiger partial charge in [0.2, 0.25) is 0 Å². The van der Waals surface area contributed by atoms with Crippen molar-refractivity contribution in [3.05, 3.63) is 20.2 Å². The molecule has 0 saturated carbocycles. The third kappa shape index (κ3) is 17.8. The number of carboxylic acid groups (broad SMARTS) is 2. The maximum absolute atomic E-state index is 10.5. The minimum atomic E-state index is -1.42. The zero-order valence-electron chi connectivity index (χ0n) is 18.3. The third-order valence-electron chi connectivity index (χ3n) is 4.74. The summed E-state index contributed by atoms with van der Waals surface area (Å²) in [4.78, 5) is 40.2. The van der Waals surface area contributed by atoms with Crippen LogP contribution in [-0.4, -0.2) is 44.1 Å². The van der Waals surface area contributed by atoms with Crippen molar-refractivity contribution >= 4 is 11.9 Å². The van der Waals surface area contributed by atoms with E-state index in [-0.39, 0.29) is 12.8 Å². The number of rotatable bonds is 18. The largest absolute Gasteiger partial charge is 0.476 e. The monoisotopic (exact) mass is 434 g/mol. The molecule has 0 aliphatic carbocycles. The average molecular weight is 435 g/mol. The van der Waals surface area contributed by atoms with Gasteiger partial charge in [-0.2, -0.15) is 0 Å². The Morgan fingerprint density at radius 2 is 0.900 bits per heavy atom. The van der Waals surface area contributed by atoms with Crippen LogP contribution in [0.2, 0.25) is 0 Å². The molecule has 0 aliphatic heterocycles. The Kier molecular flexibility index (Phi) is 20.0. The second-order valence-electron chi connectivity index (χ2n) is 7.39. The van der Waals surface area contributed by atoms with Gasteiger partial charge >= 0.3 is 24.0 Å². The van der Waals surface area contributed by atoms with E-state index in [2.05, 4.69) is 13.8 Å². The molecule has 0 aliphatic rings. The first kappa shape index (κ1) is 29.9. The van der Waals surface area contributed by atoms with Crippen molar-refractivity contribution in [2.45, 2.75) is 116 Å². The van der Waals surface area contributed by atoms with Crippen molar-refractivity contribution < 1.29 is 29.6 Å². The van der Waals surface area contributed by atoms with E-state index in [1.807, 2.05) is 0 Å². The molecule has 176 valence electrons. The smallest absolute Gasteiger partial charge is 0.379 e. The van der Waals surface area contributed by atoms with Crippen LogP contribution >= 0.6 is 0 Å². The molecule has 0 bridgehead atoms. The van der Waals surface area contributed by atoms with Crippen molar-refractivity contribution in [3.63, 3.8) is 0 Å². The van der Waals surface area contributed by atoms with E-state index >= 15 is 0 Å². The highest BCUT2D eigenvalue weighted by Crippen LogP contribution is 2.11. The first-order valence-corrected chi connectivity index (χ1v) is 10.9. The van der Waals surface area contributed by atoms with Gasteiger partial charge in [0.15, 0.2) is 0 Å². The highest BCUT2D eigenvalue weighted by atomic mass is 16.6. The fraction of sp³-hybridized carbons (Fsp3) is 0.900. The normalized spacial score (nSPS) is 12.3. The predicted octanol–water partition coefficient (Wildman–Crippen LogP) is 4.93. The number of hydrogen-bond donors (Lipinski definition) is 2. The highest BCUT2D eigenvalue weighted by molar-refractivity contribution is 5.72. The van der Waals surface area contributed by atoms with Crippen molar-refractivity contribution in [1.82, 2.24) is 0 Å². The molecule has 0 radical (unpaired) electrons. The van der Waals surface area contributed by atoms with Gasteiger partial charge in [0, 0.05) is 22.7 Å². The summed E-state index contributed by atoms with van der Waals surface area (Å²) < 4.78 is 0. The first-order valence-electron chi connectivity index (χ1n) is 10.9. The molecule has 10 heteroatoms. The minimum Gasteiger partial charge on any atom is -0.476 e. The Balaban J connectivity index is 0. The Hall–Kier alpha value is -2.26. The van der Waals surface area contributed by atoms with Crippen molar-refractivity contribution in [2.24, 2.45) is 0 Å². The van der Waals surface area contributed by atoms with Gasteiger partial charge in [-0.05, 0) is 12.8 Å². The van der Waals surface area contributed by atoms with Gasteiger partial charge in [-0.25, -0.2) is 9.59 Å². The van der Waals surface area contributed by atoms with Crippen molar-refractivity contribution in [2.75, 3.05) is 0 Å². The molecule has 30 heavy (non-hydrogen) atoms. The highest BCUT2D eigenvalue weighted by Gasteiger charge is 2.28. The maximum atomic E-state index is 10.5. The molecule has 2 unspecified atom stereocenters. The van der Waals surface area contributed by atoms with Crippen LogP contribution in [0.15, 0.2) is 0 Å². The van der Waals surface area contributed by atoms with E-state index in [1.165, 1.54) is 12.8 Å². The number of aliphatic carboxylic acids is 2. The maximum Gasteiger partial charge on any atom is 0.379 e. The molecule has 0 aromatic heterocycles. The van der Waals surface area contributed by atoms with Crippen LogP contribution in [0.25, 0.3) is 0 Å². The minimum absolute atomic E-state index is 0.147. The lowest BCUT2D eigenvalue weighted by molar-refractivity contribution is -0.511. The Labute approximate surface area is 178 Å². The van der Waals surface area contributed by atoms with Gasteiger partial charge in [0.1, 0.15) is 0 Å². The molecule has 0 amide bonds. The predicted molar refractivity (Wildman–Crippen MR) is 113 cm³/mol. The summed E-state index contributed by atoms with van der Waals surface area (Å²) in [6.07, 6.45) is 12.3. The Morgan fingerprint density at radius 3 is 1.13 bits per heavy atom. The van der Waals surface area contributed by atoms with Gasteiger partial charge in [0.05, 0.1) is 0 Å². The number of carbonyl (C=O) groups is 2. The molecule has 0 saturated heterocycles. The summed E-state index contributed by atoms with van der Waals surface area (Å²) in [5.41, 5.74) is 0. The molecule has 10 nitrogen and oxygen atoms in total. The Bertz CT molecular complexity index is 427. The van der Waals surface area contributed by atoms with Crippen LogP contribution in [0.1, 0.15) is 104 Å². The molecule has 0 aromatic rings. The molecule has 2 atom stereocenters. The molecular weight excluding hydrogens is 396 g/mol. The topological polar surface area (TPSA) is 161 Å². The van der Waals surface area contributed by atoms with Crippen LogP contribution in [0.5, 0.6) is 0 Å². The van der Waals surface area contributed by atoms with Crippen LogP contribution < -0.4 is 0 Å². The quantitative estimate of drug-likeness (QED) is 0.174. The molecule has 2 N–H and O–H groups in total. The van der Waals surface area contributed by atoms with Gasteiger partial charge in [-0.1, -0.05) is 78.1 Å². The summed E-state index contributed by atoms with van der Waals surface area (Å²) in [6, 6.07) is -2.84. The summed E-state index contributed by atoms with van der Waals surface area (Å²) >= 11 is 0. The molecule has 0 fully saturated rings. The number of hydrogen-bond acceptors (Lipinski definition) is 6. The van der Waals surface area contributed by atoms with Gasteiger partial charge in [0.25, 0.3) is 0 Å². The number of nitrogens with zero attached hydrogens (tertiary/aromatic N) is 2. The standard InChI is InChI=1S/2C10H19NO4/c2*1-2-3-4-5-6-7-8-9(10(12)13)11(14)15/h2*9H,2-8H2,1H3,(H,12,13). The molecule has 0 spiro atoms. The van der Waals surface area contributed by atoms with E-state index in [4.69, 9.17) is 10.2 Å². The lowest BCUT2D eigenvalue weighted by atomic mass is 10.1. The van der Waals surface area contributed by atoms with Crippen LogP contribution in [0, 0.1) is 20.2 Å². The van der Waals surface area contributed by atoms with Crippen molar-refractivity contribution in [1.29, 1.82) is 0 Å². The van der Waals surface area contributed by atoms with Gasteiger partial charge in [-0.3, -0.25) is 20.2 Å². The second kappa shape index (κ2) is 20.0. The molecular formula is C20H38N2O8. The lowest BCUT2D eigenvalue weighted by Gasteiger charge is -2.04. The van der Waals surface area contributed by atoms with E-state index in [0.717, 1.165) is 51.4 Å². The summed E-state index contributed by atoms with van der Waals surface area (Å²) in [5, 5.41) is 37.7. The fourth-order valence-corrected chi connectivity index (χ4v) is 2.87. The zero-order valence-corrected chi connectivity index (χ0v) is 18.3. The number of carboxylic acids is 2. The molecule has 0 heterocycles. The molecule has 0 aromatic carbocycles.